The van der Waals surface area contributed by atoms with Crippen LogP contribution in [0.25, 0.3) is 0 Å². The van der Waals surface area contributed by atoms with Gasteiger partial charge in [-0.15, -0.1) is 0 Å². The van der Waals surface area contributed by atoms with E-state index in [2.05, 4.69) is 0 Å². The molecule has 2 atom stereocenters. The largest absolute Gasteiger partial charge is 0.383 e. The van der Waals surface area contributed by atoms with Crippen molar-refractivity contribution in [1.29, 1.82) is 0 Å². The standard InChI is InChI=1S/C12H24N2O2/c1-4-14(9(2)8-16-3)12(15)7-11(13)10-5-6-10/h9-11H,4-8,13H2,1-3H3. The van der Waals surface area contributed by atoms with Gasteiger partial charge >= 0.3 is 0 Å². The van der Waals surface area contributed by atoms with Gasteiger partial charge in [0.05, 0.1) is 12.6 Å². The Kier molecular flexibility index (Phi) is 5.22. The van der Waals surface area contributed by atoms with Crippen molar-refractivity contribution >= 4 is 5.91 Å². The zero-order valence-corrected chi connectivity index (χ0v) is 10.6. The monoisotopic (exact) mass is 228 g/mol. The van der Waals surface area contributed by atoms with Crippen LogP contribution in [0, 0.1) is 5.92 Å². The molecule has 0 aromatic rings. The molecule has 1 aliphatic carbocycles. The van der Waals surface area contributed by atoms with E-state index in [0.717, 1.165) is 6.54 Å². The lowest BCUT2D eigenvalue weighted by molar-refractivity contribution is -0.134. The number of hydrogen-bond donors (Lipinski definition) is 1. The van der Waals surface area contributed by atoms with Crippen LogP contribution in [0.4, 0.5) is 0 Å². The van der Waals surface area contributed by atoms with Gasteiger partial charge in [0.25, 0.3) is 0 Å². The second-order valence-corrected chi connectivity index (χ2v) is 4.69. The van der Waals surface area contributed by atoms with Gasteiger partial charge < -0.3 is 15.4 Å². The first-order chi connectivity index (χ1) is 7.60. The molecule has 1 aliphatic rings. The highest BCUT2D eigenvalue weighted by atomic mass is 16.5. The third-order valence-electron chi connectivity index (χ3n) is 3.24. The summed E-state index contributed by atoms with van der Waals surface area (Å²) in [6, 6.07) is 0.185. The number of carbonyl (C=O) groups is 1. The molecule has 0 heterocycles. The van der Waals surface area contributed by atoms with Crippen LogP contribution in [0.2, 0.25) is 0 Å². The molecular formula is C12H24N2O2. The molecule has 0 aromatic heterocycles. The van der Waals surface area contributed by atoms with Crippen molar-refractivity contribution in [3.05, 3.63) is 0 Å². The van der Waals surface area contributed by atoms with Gasteiger partial charge in [-0.25, -0.2) is 0 Å². The number of nitrogens with two attached hydrogens (primary N) is 1. The Bertz CT molecular complexity index is 229. The molecule has 0 spiro atoms. The Morgan fingerprint density at radius 3 is 2.62 bits per heavy atom. The Labute approximate surface area is 98.1 Å². The first-order valence-electron chi connectivity index (χ1n) is 6.14. The summed E-state index contributed by atoms with van der Waals surface area (Å²) < 4.78 is 5.08. The Hall–Kier alpha value is -0.610. The van der Waals surface area contributed by atoms with Crippen molar-refractivity contribution in [2.24, 2.45) is 11.7 Å². The second kappa shape index (κ2) is 6.21. The Morgan fingerprint density at radius 1 is 1.56 bits per heavy atom. The summed E-state index contributed by atoms with van der Waals surface area (Å²) in [5.41, 5.74) is 5.97. The van der Waals surface area contributed by atoms with Gasteiger partial charge in [0.2, 0.25) is 5.91 Å². The number of nitrogens with zero attached hydrogens (tertiary/aromatic N) is 1. The number of rotatable bonds is 7. The maximum atomic E-state index is 12.0. The van der Waals surface area contributed by atoms with Gasteiger partial charge in [-0.1, -0.05) is 0 Å². The molecule has 1 amide bonds. The molecule has 4 nitrogen and oxygen atoms in total. The maximum Gasteiger partial charge on any atom is 0.224 e. The summed E-state index contributed by atoms with van der Waals surface area (Å²) in [7, 11) is 1.66. The summed E-state index contributed by atoms with van der Waals surface area (Å²) in [6.07, 6.45) is 2.86. The van der Waals surface area contributed by atoms with Crippen LogP contribution in [0.15, 0.2) is 0 Å². The lowest BCUT2D eigenvalue weighted by Crippen LogP contribution is -2.43. The highest BCUT2D eigenvalue weighted by molar-refractivity contribution is 5.77. The predicted molar refractivity (Wildman–Crippen MR) is 64.0 cm³/mol. The van der Waals surface area contributed by atoms with Crippen molar-refractivity contribution in [3.8, 4) is 0 Å². The normalized spacial score (nSPS) is 19.2. The van der Waals surface area contributed by atoms with E-state index >= 15 is 0 Å². The summed E-state index contributed by atoms with van der Waals surface area (Å²) in [5.74, 6) is 0.742. The third-order valence-corrected chi connectivity index (χ3v) is 3.24. The first-order valence-corrected chi connectivity index (χ1v) is 6.14. The zero-order valence-electron chi connectivity index (χ0n) is 10.6. The minimum absolute atomic E-state index is 0.0521. The van der Waals surface area contributed by atoms with Crippen molar-refractivity contribution in [2.45, 2.75) is 45.2 Å². The van der Waals surface area contributed by atoms with Gasteiger partial charge in [0, 0.05) is 26.1 Å². The highest BCUT2D eigenvalue weighted by Crippen LogP contribution is 2.33. The van der Waals surface area contributed by atoms with Crippen molar-refractivity contribution < 1.29 is 9.53 Å². The molecule has 1 rings (SSSR count). The Balaban J connectivity index is 2.41. The fourth-order valence-electron chi connectivity index (χ4n) is 2.07. The molecule has 2 N–H and O–H groups in total. The minimum Gasteiger partial charge on any atom is -0.383 e. The number of hydrogen-bond acceptors (Lipinski definition) is 3. The van der Waals surface area contributed by atoms with Crippen molar-refractivity contribution in [3.63, 3.8) is 0 Å². The highest BCUT2D eigenvalue weighted by Gasteiger charge is 2.31. The molecule has 1 saturated carbocycles. The summed E-state index contributed by atoms with van der Waals surface area (Å²) >= 11 is 0. The van der Waals surface area contributed by atoms with Crippen molar-refractivity contribution in [1.82, 2.24) is 4.90 Å². The van der Waals surface area contributed by atoms with Crippen LogP contribution in [0.3, 0.4) is 0 Å². The van der Waals surface area contributed by atoms with E-state index < -0.39 is 0 Å². The van der Waals surface area contributed by atoms with Crippen LogP contribution in [-0.2, 0) is 9.53 Å². The maximum absolute atomic E-state index is 12.0. The van der Waals surface area contributed by atoms with E-state index in [1.54, 1.807) is 7.11 Å². The molecule has 0 saturated heterocycles. The fourth-order valence-corrected chi connectivity index (χ4v) is 2.07. The molecule has 0 aromatic carbocycles. The summed E-state index contributed by atoms with van der Waals surface area (Å²) in [5, 5.41) is 0. The average Bonchev–Trinajstić information content (AvgIpc) is 3.01. The molecule has 16 heavy (non-hydrogen) atoms. The van der Waals surface area contributed by atoms with E-state index in [0.29, 0.717) is 18.9 Å². The van der Waals surface area contributed by atoms with Crippen LogP contribution in [-0.4, -0.2) is 43.2 Å². The van der Waals surface area contributed by atoms with E-state index in [1.165, 1.54) is 12.8 Å². The lowest BCUT2D eigenvalue weighted by atomic mass is 10.1. The average molecular weight is 228 g/mol. The van der Waals surface area contributed by atoms with Crippen LogP contribution in [0.1, 0.15) is 33.1 Å². The molecule has 4 heteroatoms. The number of likely N-dealkylation sites (N-methyl/N-ethyl adjacent to an activating group) is 1. The van der Waals surface area contributed by atoms with Gasteiger partial charge in [0.1, 0.15) is 0 Å². The smallest absolute Gasteiger partial charge is 0.224 e. The van der Waals surface area contributed by atoms with Crippen LogP contribution < -0.4 is 5.73 Å². The third kappa shape index (κ3) is 3.76. The fraction of sp³-hybridized carbons (Fsp3) is 0.917. The molecule has 2 unspecified atom stereocenters. The second-order valence-electron chi connectivity index (χ2n) is 4.69. The van der Waals surface area contributed by atoms with E-state index in [-0.39, 0.29) is 18.0 Å². The topological polar surface area (TPSA) is 55.6 Å². The number of carbonyl (C=O) groups excluding carboxylic acids is 1. The van der Waals surface area contributed by atoms with E-state index in [4.69, 9.17) is 10.5 Å². The molecule has 0 bridgehead atoms. The molecule has 1 fully saturated rings. The predicted octanol–water partition coefficient (Wildman–Crippen LogP) is 0.997. The summed E-state index contributed by atoms with van der Waals surface area (Å²) in [4.78, 5) is 13.9. The first kappa shape index (κ1) is 13.5. The van der Waals surface area contributed by atoms with E-state index in [1.807, 2.05) is 18.7 Å². The quantitative estimate of drug-likeness (QED) is 0.707. The van der Waals surface area contributed by atoms with Gasteiger partial charge in [-0.05, 0) is 32.6 Å². The van der Waals surface area contributed by atoms with Gasteiger partial charge in [-0.2, -0.15) is 0 Å². The zero-order chi connectivity index (χ0) is 12.1. The van der Waals surface area contributed by atoms with Crippen molar-refractivity contribution in [2.75, 3.05) is 20.3 Å². The number of amides is 1. The summed E-state index contributed by atoms with van der Waals surface area (Å²) in [6.45, 7) is 5.30. The Morgan fingerprint density at radius 2 is 2.19 bits per heavy atom. The molecular weight excluding hydrogens is 204 g/mol. The molecule has 94 valence electrons. The van der Waals surface area contributed by atoms with E-state index in [9.17, 15) is 4.79 Å². The van der Waals surface area contributed by atoms with Gasteiger partial charge in [-0.3, -0.25) is 4.79 Å². The van der Waals surface area contributed by atoms with Crippen LogP contribution in [0.5, 0.6) is 0 Å². The number of ether oxygens (including phenoxy) is 1. The number of methoxy groups -OCH3 is 1. The SMILES string of the molecule is CCN(C(=O)CC(N)C1CC1)C(C)COC. The van der Waals surface area contributed by atoms with Crippen LogP contribution >= 0.6 is 0 Å². The lowest BCUT2D eigenvalue weighted by Gasteiger charge is -2.28. The molecule has 0 radical (unpaired) electrons. The molecule has 0 aliphatic heterocycles. The minimum atomic E-state index is 0.0521. The van der Waals surface area contributed by atoms with Gasteiger partial charge in [0.15, 0.2) is 0 Å².